The summed E-state index contributed by atoms with van der Waals surface area (Å²) in [4.78, 5) is 0. The van der Waals surface area contributed by atoms with Crippen molar-refractivity contribution in [3.8, 4) is 5.75 Å². The molecule has 2 aliphatic heterocycles. The van der Waals surface area contributed by atoms with E-state index in [0.717, 1.165) is 30.3 Å². The third kappa shape index (κ3) is 4.17. The molecule has 5 heteroatoms. The highest BCUT2D eigenvalue weighted by atomic mass is 35.5. The quantitative estimate of drug-likeness (QED) is 0.792. The largest absolute Gasteiger partial charge is 0.490 e. The van der Waals surface area contributed by atoms with Crippen LogP contribution < -0.4 is 15.4 Å². The average molecular weight is 393 g/mol. The van der Waals surface area contributed by atoms with E-state index < -0.39 is 0 Å². The topological polar surface area (TPSA) is 33.3 Å². The number of ether oxygens (including phenoxy) is 1. The zero-order valence-electron chi connectivity index (χ0n) is 15.0. The molecular formula is C21H26Cl2N2O. The van der Waals surface area contributed by atoms with Crippen molar-refractivity contribution < 1.29 is 4.74 Å². The van der Waals surface area contributed by atoms with Gasteiger partial charge in [0.05, 0.1) is 0 Å². The highest BCUT2D eigenvalue weighted by Gasteiger charge is 2.27. The molecule has 0 aliphatic carbocycles. The predicted molar refractivity (Wildman–Crippen MR) is 110 cm³/mol. The molecule has 140 valence electrons. The number of piperidine rings is 1. The highest BCUT2D eigenvalue weighted by Crippen LogP contribution is 2.35. The fourth-order valence-corrected chi connectivity index (χ4v) is 4.32. The van der Waals surface area contributed by atoms with Crippen molar-refractivity contribution in [1.29, 1.82) is 0 Å². The molecule has 2 N–H and O–H groups in total. The van der Waals surface area contributed by atoms with E-state index in [4.69, 9.17) is 16.3 Å². The summed E-state index contributed by atoms with van der Waals surface area (Å²) in [6.45, 7) is 3.97. The molecule has 1 fully saturated rings. The molecule has 2 heterocycles. The number of nitrogens with one attached hydrogen (secondary N) is 2. The number of hydrogen-bond donors (Lipinski definition) is 2. The maximum atomic E-state index is 6.33. The van der Waals surface area contributed by atoms with Crippen molar-refractivity contribution in [2.45, 2.75) is 50.9 Å². The fourth-order valence-electron chi connectivity index (χ4n) is 4.06. The van der Waals surface area contributed by atoms with E-state index in [1.165, 1.54) is 29.5 Å². The molecule has 0 radical (unpaired) electrons. The molecule has 0 aromatic heterocycles. The molecular weight excluding hydrogens is 367 g/mol. The van der Waals surface area contributed by atoms with E-state index in [1.54, 1.807) is 0 Å². The maximum Gasteiger partial charge on any atom is 0.127 e. The van der Waals surface area contributed by atoms with E-state index in [1.807, 2.05) is 12.1 Å². The van der Waals surface area contributed by atoms with Crippen LogP contribution in [-0.4, -0.2) is 18.7 Å². The number of rotatable bonds is 4. The molecule has 0 amide bonds. The molecule has 3 atom stereocenters. The van der Waals surface area contributed by atoms with Crippen molar-refractivity contribution >= 4 is 24.0 Å². The third-order valence-corrected chi connectivity index (χ3v) is 5.42. The second-order valence-corrected chi connectivity index (χ2v) is 7.59. The Bertz CT molecular complexity index is 738. The Balaban J connectivity index is 0.00000196. The Morgan fingerprint density at radius 2 is 2.04 bits per heavy atom. The van der Waals surface area contributed by atoms with E-state index in [-0.39, 0.29) is 18.5 Å². The molecule has 2 aliphatic rings. The van der Waals surface area contributed by atoms with E-state index in [9.17, 15) is 0 Å². The summed E-state index contributed by atoms with van der Waals surface area (Å²) in [6.07, 6.45) is 3.55. The summed E-state index contributed by atoms with van der Waals surface area (Å²) in [7, 11) is 0. The van der Waals surface area contributed by atoms with Gasteiger partial charge >= 0.3 is 0 Å². The molecule has 3 nitrogen and oxygen atoms in total. The zero-order valence-corrected chi connectivity index (χ0v) is 16.6. The van der Waals surface area contributed by atoms with Gasteiger partial charge in [0.25, 0.3) is 0 Å². The van der Waals surface area contributed by atoms with Crippen molar-refractivity contribution in [2.24, 2.45) is 0 Å². The first-order chi connectivity index (χ1) is 12.2. The van der Waals surface area contributed by atoms with Gasteiger partial charge in [-0.2, -0.15) is 0 Å². The van der Waals surface area contributed by atoms with Crippen LogP contribution in [0.3, 0.4) is 0 Å². The van der Waals surface area contributed by atoms with Crippen LogP contribution in [0.15, 0.2) is 42.5 Å². The Morgan fingerprint density at radius 1 is 1.23 bits per heavy atom. The lowest BCUT2D eigenvalue weighted by molar-refractivity contribution is 0.250. The molecule has 0 unspecified atom stereocenters. The summed E-state index contributed by atoms with van der Waals surface area (Å²) in [6, 6.07) is 15.6. The second-order valence-electron chi connectivity index (χ2n) is 7.16. The van der Waals surface area contributed by atoms with Gasteiger partial charge in [-0.15, -0.1) is 12.4 Å². The fraction of sp³-hybridized carbons (Fsp3) is 0.429. The molecule has 0 saturated carbocycles. The van der Waals surface area contributed by atoms with Crippen LogP contribution in [0.1, 0.15) is 42.5 Å². The predicted octanol–water partition coefficient (Wildman–Crippen LogP) is 4.67. The SMILES string of the molecule is C[C@H]1Cc2cc(Cl)cc(CN[C@H]3CCCN[C@H]3c3ccccc3)c2O1.Cl. The molecule has 0 bridgehead atoms. The minimum atomic E-state index is 0. The number of halogens is 2. The lowest BCUT2D eigenvalue weighted by atomic mass is 9.92. The van der Waals surface area contributed by atoms with E-state index in [0.29, 0.717) is 12.1 Å². The summed E-state index contributed by atoms with van der Waals surface area (Å²) < 4.78 is 6.03. The molecule has 4 rings (SSSR count). The van der Waals surface area contributed by atoms with Crippen LogP contribution in [0.2, 0.25) is 5.02 Å². The van der Waals surface area contributed by atoms with Gasteiger partial charge in [0, 0.05) is 35.6 Å². The van der Waals surface area contributed by atoms with Crippen LogP contribution in [0.5, 0.6) is 5.75 Å². The van der Waals surface area contributed by atoms with Gasteiger partial charge in [-0.05, 0) is 49.6 Å². The van der Waals surface area contributed by atoms with Crippen LogP contribution in [0.25, 0.3) is 0 Å². The summed E-state index contributed by atoms with van der Waals surface area (Å²) >= 11 is 6.33. The Hall–Kier alpha value is -1.26. The Kier molecular flexibility index (Phi) is 6.46. The van der Waals surface area contributed by atoms with Gasteiger partial charge in [0.15, 0.2) is 0 Å². The lowest BCUT2D eigenvalue weighted by Crippen LogP contribution is -2.45. The molecule has 2 aromatic rings. The van der Waals surface area contributed by atoms with Crippen molar-refractivity contribution in [3.05, 3.63) is 64.2 Å². The summed E-state index contributed by atoms with van der Waals surface area (Å²) in [5.74, 6) is 1.03. The van der Waals surface area contributed by atoms with E-state index >= 15 is 0 Å². The second kappa shape index (κ2) is 8.62. The number of benzene rings is 2. The minimum absolute atomic E-state index is 0. The van der Waals surface area contributed by atoms with Gasteiger partial charge in [-0.1, -0.05) is 41.9 Å². The molecule has 26 heavy (non-hydrogen) atoms. The van der Waals surface area contributed by atoms with Crippen LogP contribution in [-0.2, 0) is 13.0 Å². The Labute approximate surface area is 166 Å². The first-order valence-electron chi connectivity index (χ1n) is 9.20. The first kappa shape index (κ1) is 19.5. The van der Waals surface area contributed by atoms with Gasteiger partial charge in [-0.25, -0.2) is 0 Å². The van der Waals surface area contributed by atoms with Gasteiger partial charge < -0.3 is 15.4 Å². The standard InChI is InChI=1S/C21H25ClN2O.ClH/c1-14-10-16-11-18(22)12-17(21(16)25-14)13-24-19-8-5-9-23-20(19)15-6-3-2-4-7-15;/h2-4,6-7,11-12,14,19-20,23-24H,5,8-10,13H2,1H3;1H/t14-,19-,20-;/m0./s1. The monoisotopic (exact) mass is 392 g/mol. The Morgan fingerprint density at radius 3 is 2.85 bits per heavy atom. The summed E-state index contributed by atoms with van der Waals surface area (Å²) in [5.41, 5.74) is 3.75. The highest BCUT2D eigenvalue weighted by molar-refractivity contribution is 6.30. The van der Waals surface area contributed by atoms with Crippen molar-refractivity contribution in [2.75, 3.05) is 6.54 Å². The normalized spacial score (nSPS) is 24.5. The van der Waals surface area contributed by atoms with Gasteiger partial charge in [-0.3, -0.25) is 0 Å². The van der Waals surface area contributed by atoms with Crippen LogP contribution in [0.4, 0.5) is 0 Å². The third-order valence-electron chi connectivity index (χ3n) is 5.21. The van der Waals surface area contributed by atoms with Crippen molar-refractivity contribution in [1.82, 2.24) is 10.6 Å². The van der Waals surface area contributed by atoms with Crippen LogP contribution in [0, 0.1) is 0 Å². The first-order valence-corrected chi connectivity index (χ1v) is 9.58. The maximum absolute atomic E-state index is 6.33. The minimum Gasteiger partial charge on any atom is -0.490 e. The van der Waals surface area contributed by atoms with Crippen LogP contribution >= 0.6 is 24.0 Å². The summed E-state index contributed by atoms with van der Waals surface area (Å²) in [5, 5.41) is 8.23. The van der Waals surface area contributed by atoms with E-state index in [2.05, 4.69) is 47.9 Å². The number of hydrogen-bond acceptors (Lipinski definition) is 3. The average Bonchev–Trinajstić information content (AvgIpc) is 3.00. The lowest BCUT2D eigenvalue weighted by Gasteiger charge is -2.34. The van der Waals surface area contributed by atoms with Gasteiger partial charge in [0.2, 0.25) is 0 Å². The molecule has 0 spiro atoms. The zero-order chi connectivity index (χ0) is 17.2. The van der Waals surface area contributed by atoms with Gasteiger partial charge in [0.1, 0.15) is 11.9 Å². The smallest absolute Gasteiger partial charge is 0.127 e. The van der Waals surface area contributed by atoms with Crippen molar-refractivity contribution in [3.63, 3.8) is 0 Å². The molecule has 1 saturated heterocycles. The number of fused-ring (bicyclic) bond motifs is 1. The molecule has 2 aromatic carbocycles.